The van der Waals surface area contributed by atoms with Crippen LogP contribution in [0.3, 0.4) is 0 Å². The maximum absolute atomic E-state index is 14.5. The highest BCUT2D eigenvalue weighted by molar-refractivity contribution is 6.32. The van der Waals surface area contributed by atoms with Crippen molar-refractivity contribution in [3.8, 4) is 0 Å². The maximum atomic E-state index is 14.5. The Balaban J connectivity index is 1.82. The van der Waals surface area contributed by atoms with Gasteiger partial charge in [0.25, 0.3) is 17.7 Å². The van der Waals surface area contributed by atoms with Crippen molar-refractivity contribution < 1.29 is 32.3 Å². The van der Waals surface area contributed by atoms with E-state index in [1.54, 1.807) is 19.1 Å². The number of alkyl halides is 2. The SMILES string of the molecule is C=C(/C(Cl)=C\C=C/C)[C@@H](C(=O)NC1CC(F)(F)C1)N(C(=O)[C@@H]1COCC(=O)N1c1ncccn1)c1cccc(F)c1. The first kappa shape index (κ1) is 29.9. The highest BCUT2D eigenvalue weighted by Crippen LogP contribution is 2.38. The molecule has 3 amide bonds. The molecule has 2 aromatic rings. The van der Waals surface area contributed by atoms with Crippen LogP contribution in [0, 0.1) is 5.82 Å². The maximum Gasteiger partial charge on any atom is 0.256 e. The Hall–Kier alpha value is -4.03. The summed E-state index contributed by atoms with van der Waals surface area (Å²) in [5.74, 6) is -6.10. The molecule has 1 saturated carbocycles. The van der Waals surface area contributed by atoms with Gasteiger partial charge in [-0.25, -0.2) is 23.1 Å². The smallest absolute Gasteiger partial charge is 0.256 e. The molecular formula is C28H27ClF3N5O4. The van der Waals surface area contributed by atoms with Gasteiger partial charge in [-0.3, -0.25) is 24.2 Å². The molecule has 4 rings (SSSR count). The number of morpholine rings is 1. The summed E-state index contributed by atoms with van der Waals surface area (Å²) in [5.41, 5.74) is -0.144. The molecule has 0 unspecified atom stereocenters. The monoisotopic (exact) mass is 589 g/mol. The van der Waals surface area contributed by atoms with E-state index in [0.717, 1.165) is 21.9 Å². The summed E-state index contributed by atoms with van der Waals surface area (Å²) in [5, 5.41) is 2.51. The molecule has 1 aromatic heterocycles. The first-order valence-corrected chi connectivity index (χ1v) is 13.0. The van der Waals surface area contributed by atoms with Crippen LogP contribution in [-0.4, -0.2) is 65.0 Å². The van der Waals surface area contributed by atoms with Gasteiger partial charge >= 0.3 is 0 Å². The average Bonchev–Trinajstić information content (AvgIpc) is 2.93. The van der Waals surface area contributed by atoms with E-state index in [-0.39, 0.29) is 35.5 Å². The number of rotatable bonds is 9. The standard InChI is InChI=1S/C28H27ClF3N5O4/c1-3-4-9-21(29)17(2)24(25(39)35-19-13-28(31,32)14-19)36(20-8-5-7-18(30)12-20)26(40)22-15-41-16-23(38)37(22)27-33-10-6-11-34-27/h3-12,19,22,24H,2,13-16H2,1H3,(H,35,39)/b4-3-,21-9+/t22-,24-/m0/s1. The lowest BCUT2D eigenvalue weighted by Crippen LogP contribution is -2.63. The van der Waals surface area contributed by atoms with Crippen LogP contribution in [0.2, 0.25) is 0 Å². The van der Waals surface area contributed by atoms with Crippen LogP contribution in [-0.2, 0) is 19.1 Å². The number of benzene rings is 1. The van der Waals surface area contributed by atoms with E-state index in [1.807, 2.05) is 0 Å². The Morgan fingerprint density at radius 2 is 1.98 bits per heavy atom. The number of aromatic nitrogens is 2. The number of carbonyl (C=O) groups is 3. The van der Waals surface area contributed by atoms with Gasteiger partial charge in [0, 0.05) is 42.0 Å². The predicted molar refractivity (Wildman–Crippen MR) is 146 cm³/mol. The van der Waals surface area contributed by atoms with E-state index in [1.165, 1.54) is 36.7 Å². The van der Waals surface area contributed by atoms with Crippen molar-refractivity contribution >= 4 is 41.0 Å². The van der Waals surface area contributed by atoms with Gasteiger partial charge in [0.05, 0.1) is 6.61 Å². The second-order valence-corrected chi connectivity index (χ2v) is 9.88. The van der Waals surface area contributed by atoms with Crippen LogP contribution >= 0.6 is 11.6 Å². The third kappa shape index (κ3) is 6.83. The molecule has 216 valence electrons. The summed E-state index contributed by atoms with van der Waals surface area (Å²) < 4.78 is 47.0. The number of nitrogens with one attached hydrogen (secondary N) is 1. The Morgan fingerprint density at radius 1 is 1.27 bits per heavy atom. The van der Waals surface area contributed by atoms with E-state index in [4.69, 9.17) is 16.3 Å². The predicted octanol–water partition coefficient (Wildman–Crippen LogP) is 3.92. The van der Waals surface area contributed by atoms with Gasteiger partial charge in [0.15, 0.2) is 0 Å². The average molecular weight is 590 g/mol. The minimum Gasteiger partial charge on any atom is -0.369 e. The first-order valence-electron chi connectivity index (χ1n) is 12.6. The molecule has 41 heavy (non-hydrogen) atoms. The molecule has 0 spiro atoms. The molecule has 0 radical (unpaired) electrons. The van der Waals surface area contributed by atoms with E-state index in [0.29, 0.717) is 0 Å². The van der Waals surface area contributed by atoms with Crippen molar-refractivity contribution in [2.24, 2.45) is 0 Å². The topological polar surface area (TPSA) is 105 Å². The Morgan fingerprint density at radius 3 is 2.61 bits per heavy atom. The fourth-order valence-corrected chi connectivity index (χ4v) is 4.68. The van der Waals surface area contributed by atoms with Crippen LogP contribution in [0.1, 0.15) is 19.8 Å². The summed E-state index contributed by atoms with van der Waals surface area (Å²) in [6.07, 6.45) is 6.28. The number of carbonyl (C=O) groups excluding carboxylic acids is 3. The summed E-state index contributed by atoms with van der Waals surface area (Å²) >= 11 is 6.47. The Labute approximate surface area is 239 Å². The molecular weight excluding hydrogens is 563 g/mol. The zero-order valence-electron chi connectivity index (χ0n) is 22.0. The normalized spacial score (nSPS) is 19.9. The molecule has 1 aromatic carbocycles. The molecule has 13 heteroatoms. The van der Waals surface area contributed by atoms with Crippen molar-refractivity contribution in [3.05, 3.63) is 84.0 Å². The lowest BCUT2D eigenvalue weighted by atomic mass is 9.87. The number of allylic oxidation sites excluding steroid dienone is 3. The molecule has 2 aliphatic rings. The van der Waals surface area contributed by atoms with E-state index >= 15 is 0 Å². The lowest BCUT2D eigenvalue weighted by Gasteiger charge is -2.41. The summed E-state index contributed by atoms with van der Waals surface area (Å²) in [6, 6.07) is 2.52. The number of amides is 3. The molecule has 2 fully saturated rings. The van der Waals surface area contributed by atoms with E-state index in [9.17, 15) is 27.6 Å². The fraction of sp³-hybridized carbons (Fsp3) is 0.321. The minimum atomic E-state index is -2.93. The zero-order valence-corrected chi connectivity index (χ0v) is 22.7. The highest BCUT2D eigenvalue weighted by Gasteiger charge is 2.48. The quantitative estimate of drug-likeness (QED) is 0.445. The van der Waals surface area contributed by atoms with Crippen molar-refractivity contribution in [1.29, 1.82) is 0 Å². The van der Waals surface area contributed by atoms with Gasteiger partial charge in [-0.2, -0.15) is 0 Å². The van der Waals surface area contributed by atoms with Crippen molar-refractivity contribution in [3.63, 3.8) is 0 Å². The second kappa shape index (κ2) is 12.6. The van der Waals surface area contributed by atoms with Crippen molar-refractivity contribution in [1.82, 2.24) is 15.3 Å². The third-order valence-corrected chi connectivity index (χ3v) is 6.84. The Bertz CT molecular complexity index is 1380. The number of hydrogen-bond acceptors (Lipinski definition) is 6. The van der Waals surface area contributed by atoms with Crippen molar-refractivity contribution in [2.75, 3.05) is 23.0 Å². The molecule has 1 N–H and O–H groups in total. The van der Waals surface area contributed by atoms with Crippen LogP contribution in [0.25, 0.3) is 0 Å². The molecule has 2 atom stereocenters. The highest BCUT2D eigenvalue weighted by atomic mass is 35.5. The van der Waals surface area contributed by atoms with Crippen molar-refractivity contribution in [2.45, 2.75) is 43.8 Å². The molecule has 1 aliphatic carbocycles. The van der Waals surface area contributed by atoms with Gasteiger partial charge < -0.3 is 10.1 Å². The number of nitrogens with zero attached hydrogens (tertiary/aromatic N) is 4. The number of anilines is 2. The molecule has 9 nitrogen and oxygen atoms in total. The Kier molecular flexibility index (Phi) is 9.24. The van der Waals surface area contributed by atoms with Gasteiger partial charge in [0.1, 0.15) is 24.5 Å². The summed E-state index contributed by atoms with van der Waals surface area (Å²) in [6.45, 7) is 5.01. The molecule has 1 saturated heterocycles. The zero-order chi connectivity index (χ0) is 29.7. The van der Waals surface area contributed by atoms with Gasteiger partial charge in [-0.15, -0.1) is 0 Å². The van der Waals surface area contributed by atoms with Crippen LogP contribution in [0.5, 0.6) is 0 Å². The molecule has 1 aliphatic heterocycles. The molecule has 0 bridgehead atoms. The summed E-state index contributed by atoms with van der Waals surface area (Å²) in [4.78, 5) is 51.2. The number of ether oxygens (including phenoxy) is 1. The van der Waals surface area contributed by atoms with Crippen LogP contribution < -0.4 is 15.1 Å². The fourth-order valence-electron chi connectivity index (χ4n) is 4.51. The third-order valence-electron chi connectivity index (χ3n) is 6.47. The first-order chi connectivity index (χ1) is 19.5. The second-order valence-electron chi connectivity index (χ2n) is 9.47. The minimum absolute atomic E-state index is 0.0180. The van der Waals surface area contributed by atoms with E-state index in [2.05, 4.69) is 21.9 Å². The molecule has 2 heterocycles. The van der Waals surface area contributed by atoms with Crippen LogP contribution in [0.4, 0.5) is 24.8 Å². The number of halogens is 4. The van der Waals surface area contributed by atoms with E-state index < -0.39 is 60.4 Å². The van der Waals surface area contributed by atoms with Gasteiger partial charge in [0.2, 0.25) is 11.9 Å². The van der Waals surface area contributed by atoms with Crippen LogP contribution in [0.15, 0.2) is 78.1 Å². The van der Waals surface area contributed by atoms with Gasteiger partial charge in [-0.05, 0) is 42.8 Å². The van der Waals surface area contributed by atoms with Gasteiger partial charge in [-0.1, -0.05) is 36.4 Å². The lowest BCUT2D eigenvalue weighted by molar-refractivity contribution is -0.135. The number of hydrogen-bond donors (Lipinski definition) is 1. The largest absolute Gasteiger partial charge is 0.369 e. The summed E-state index contributed by atoms with van der Waals surface area (Å²) in [7, 11) is 0.